The first-order valence-electron chi connectivity index (χ1n) is 11.3. The van der Waals surface area contributed by atoms with Crippen LogP contribution >= 0.6 is 0 Å². The first-order valence-corrected chi connectivity index (χ1v) is 11.3. The minimum atomic E-state index is -0.665. The molecule has 0 saturated carbocycles. The lowest BCUT2D eigenvalue weighted by Gasteiger charge is -2.24. The summed E-state index contributed by atoms with van der Waals surface area (Å²) in [4.78, 5) is 16.8. The largest absolute Gasteiger partial charge is 0.376 e. The van der Waals surface area contributed by atoms with Gasteiger partial charge in [-0.15, -0.1) is 0 Å². The molecular formula is C26H26F3N3O2. The third-order valence-electron chi connectivity index (χ3n) is 5.95. The van der Waals surface area contributed by atoms with Gasteiger partial charge < -0.3 is 15.4 Å². The van der Waals surface area contributed by atoms with Gasteiger partial charge >= 0.3 is 0 Å². The summed E-state index contributed by atoms with van der Waals surface area (Å²) in [6, 6.07) is 11.6. The van der Waals surface area contributed by atoms with Gasteiger partial charge in [0.25, 0.3) is 0 Å². The van der Waals surface area contributed by atoms with Crippen LogP contribution < -0.4 is 10.6 Å². The van der Waals surface area contributed by atoms with E-state index in [1.54, 1.807) is 6.07 Å². The van der Waals surface area contributed by atoms with Gasteiger partial charge in [-0.25, -0.2) is 13.2 Å². The molecular weight excluding hydrogens is 443 g/mol. The van der Waals surface area contributed by atoms with E-state index in [0.29, 0.717) is 42.8 Å². The highest BCUT2D eigenvalue weighted by molar-refractivity contribution is 5.92. The van der Waals surface area contributed by atoms with Crippen LogP contribution in [-0.4, -0.2) is 36.7 Å². The Morgan fingerprint density at radius 2 is 1.94 bits per heavy atom. The Bertz CT molecular complexity index is 1120. The van der Waals surface area contributed by atoms with Crippen molar-refractivity contribution in [3.05, 3.63) is 95.1 Å². The summed E-state index contributed by atoms with van der Waals surface area (Å²) in [6.45, 7) is 2.11. The average molecular weight is 470 g/mol. The van der Waals surface area contributed by atoms with Crippen molar-refractivity contribution in [3.8, 4) is 0 Å². The fourth-order valence-corrected chi connectivity index (χ4v) is 4.20. The van der Waals surface area contributed by atoms with Crippen LogP contribution in [0.15, 0.2) is 60.9 Å². The van der Waals surface area contributed by atoms with Crippen LogP contribution in [0.1, 0.15) is 35.4 Å². The Kier molecular flexibility index (Phi) is 7.92. The summed E-state index contributed by atoms with van der Waals surface area (Å²) < 4.78 is 48.3. The number of morpholine rings is 1. The molecule has 0 aliphatic carbocycles. The Hall–Kier alpha value is -3.23. The molecule has 8 heteroatoms. The fraction of sp³-hybridized carbons (Fsp3) is 0.308. The number of rotatable bonds is 8. The van der Waals surface area contributed by atoms with Crippen LogP contribution in [-0.2, 0) is 16.0 Å². The van der Waals surface area contributed by atoms with E-state index in [9.17, 15) is 18.0 Å². The highest BCUT2D eigenvalue weighted by Gasteiger charge is 2.23. The molecule has 1 fully saturated rings. The van der Waals surface area contributed by atoms with Gasteiger partial charge in [-0.1, -0.05) is 18.2 Å². The second-order valence-corrected chi connectivity index (χ2v) is 8.26. The lowest BCUT2D eigenvalue weighted by Crippen LogP contribution is -2.38. The zero-order valence-electron chi connectivity index (χ0n) is 18.6. The topological polar surface area (TPSA) is 63.2 Å². The van der Waals surface area contributed by atoms with Gasteiger partial charge in [-0.05, 0) is 54.3 Å². The summed E-state index contributed by atoms with van der Waals surface area (Å²) in [7, 11) is 0. The van der Waals surface area contributed by atoms with Gasteiger partial charge in [0.15, 0.2) is 0 Å². The molecule has 2 aromatic carbocycles. The normalized spacial score (nSPS) is 16.7. The van der Waals surface area contributed by atoms with Gasteiger partial charge in [-0.3, -0.25) is 9.78 Å². The number of carbonyl (C=O) groups is 1. The Morgan fingerprint density at radius 3 is 2.68 bits per heavy atom. The minimum Gasteiger partial charge on any atom is -0.376 e. The fourth-order valence-electron chi connectivity index (χ4n) is 4.20. The number of carbonyl (C=O) groups excluding carboxylic acids is 1. The van der Waals surface area contributed by atoms with Gasteiger partial charge in [0, 0.05) is 42.9 Å². The second kappa shape index (κ2) is 11.3. The number of ether oxygens (including phenoxy) is 1. The standard InChI is InChI=1S/C26H26F3N3O2/c27-18-6-4-17(5-7-18)22(20-10-11-30-16-24(20)29)14-26(33)32-25-3-1-2-23(28)21(25)9-8-19-15-31-12-13-34-19/h1-7,10-11,16,19,22,31H,8-9,12-15H2,(H,32,33)/t19-,22+/m1/s1. The number of nitrogens with zero attached hydrogens (tertiary/aromatic N) is 1. The molecule has 0 unspecified atom stereocenters. The number of pyridine rings is 1. The molecule has 178 valence electrons. The van der Waals surface area contributed by atoms with Crippen LogP contribution in [0, 0.1) is 17.5 Å². The van der Waals surface area contributed by atoms with Crippen molar-refractivity contribution in [2.75, 3.05) is 25.0 Å². The molecule has 0 radical (unpaired) electrons. The monoisotopic (exact) mass is 469 g/mol. The first kappa shape index (κ1) is 23.9. The minimum absolute atomic E-state index is 0.0190. The lowest BCUT2D eigenvalue weighted by atomic mass is 9.88. The van der Waals surface area contributed by atoms with Crippen LogP contribution in [0.4, 0.5) is 18.9 Å². The van der Waals surface area contributed by atoms with Crippen molar-refractivity contribution in [2.45, 2.75) is 31.3 Å². The smallest absolute Gasteiger partial charge is 0.225 e. The van der Waals surface area contributed by atoms with Crippen molar-refractivity contribution in [1.82, 2.24) is 10.3 Å². The Labute approximate surface area is 196 Å². The van der Waals surface area contributed by atoms with Crippen LogP contribution in [0.5, 0.6) is 0 Å². The molecule has 2 heterocycles. The number of anilines is 1. The van der Waals surface area contributed by atoms with E-state index in [2.05, 4.69) is 15.6 Å². The van der Waals surface area contributed by atoms with E-state index in [1.807, 2.05) is 0 Å². The van der Waals surface area contributed by atoms with Crippen molar-refractivity contribution in [1.29, 1.82) is 0 Å². The van der Waals surface area contributed by atoms with E-state index in [0.717, 1.165) is 12.7 Å². The van der Waals surface area contributed by atoms with E-state index in [-0.39, 0.29) is 18.1 Å². The predicted molar refractivity (Wildman–Crippen MR) is 123 cm³/mol. The molecule has 3 aromatic rings. The maximum atomic E-state index is 14.6. The zero-order chi connectivity index (χ0) is 23.9. The maximum Gasteiger partial charge on any atom is 0.225 e. The van der Waals surface area contributed by atoms with Crippen LogP contribution in [0.2, 0.25) is 0 Å². The summed E-state index contributed by atoms with van der Waals surface area (Å²) in [5, 5.41) is 6.04. The number of benzene rings is 2. The predicted octanol–water partition coefficient (Wildman–Crippen LogP) is 4.58. The quantitative estimate of drug-likeness (QED) is 0.507. The molecule has 4 rings (SSSR count). The molecule has 1 aromatic heterocycles. The number of aromatic nitrogens is 1. The van der Waals surface area contributed by atoms with Gasteiger partial charge in [0.2, 0.25) is 5.91 Å². The van der Waals surface area contributed by atoms with Crippen molar-refractivity contribution >= 4 is 11.6 Å². The summed E-state index contributed by atoms with van der Waals surface area (Å²) in [5.74, 6) is -2.46. The number of nitrogens with one attached hydrogen (secondary N) is 2. The van der Waals surface area contributed by atoms with Crippen molar-refractivity contribution in [3.63, 3.8) is 0 Å². The van der Waals surface area contributed by atoms with E-state index < -0.39 is 29.3 Å². The van der Waals surface area contributed by atoms with Gasteiger partial charge in [-0.2, -0.15) is 0 Å². The highest BCUT2D eigenvalue weighted by atomic mass is 19.1. The van der Waals surface area contributed by atoms with E-state index in [4.69, 9.17) is 4.74 Å². The first-order chi connectivity index (χ1) is 16.5. The molecule has 0 spiro atoms. The molecule has 1 aliphatic heterocycles. The molecule has 1 aliphatic rings. The van der Waals surface area contributed by atoms with Gasteiger partial charge in [0.05, 0.1) is 18.9 Å². The second-order valence-electron chi connectivity index (χ2n) is 8.26. The SMILES string of the molecule is O=C(C[C@@H](c1ccc(F)cc1)c1ccncc1F)Nc1cccc(F)c1CC[C@@H]1CNCCO1. The Balaban J connectivity index is 1.52. The third kappa shape index (κ3) is 6.01. The summed E-state index contributed by atoms with van der Waals surface area (Å²) in [6.07, 6.45) is 3.40. The third-order valence-corrected chi connectivity index (χ3v) is 5.95. The van der Waals surface area contributed by atoms with E-state index >= 15 is 0 Å². The number of hydrogen-bond donors (Lipinski definition) is 2. The number of halogens is 3. The average Bonchev–Trinajstić information content (AvgIpc) is 2.84. The molecule has 2 N–H and O–H groups in total. The van der Waals surface area contributed by atoms with Crippen molar-refractivity contribution in [2.24, 2.45) is 0 Å². The zero-order valence-corrected chi connectivity index (χ0v) is 18.6. The van der Waals surface area contributed by atoms with Gasteiger partial charge in [0.1, 0.15) is 17.5 Å². The molecule has 0 bridgehead atoms. The van der Waals surface area contributed by atoms with E-state index in [1.165, 1.54) is 48.7 Å². The lowest BCUT2D eigenvalue weighted by molar-refractivity contribution is -0.116. The van der Waals surface area contributed by atoms with Crippen molar-refractivity contribution < 1.29 is 22.7 Å². The number of amides is 1. The molecule has 1 amide bonds. The van der Waals surface area contributed by atoms with Crippen LogP contribution in [0.25, 0.3) is 0 Å². The Morgan fingerprint density at radius 1 is 1.12 bits per heavy atom. The molecule has 2 atom stereocenters. The molecule has 1 saturated heterocycles. The maximum absolute atomic E-state index is 14.6. The summed E-state index contributed by atoms with van der Waals surface area (Å²) >= 11 is 0. The summed E-state index contributed by atoms with van der Waals surface area (Å²) in [5.41, 5.74) is 1.64. The molecule has 34 heavy (non-hydrogen) atoms. The highest BCUT2D eigenvalue weighted by Crippen LogP contribution is 2.31. The molecule has 5 nitrogen and oxygen atoms in total. The van der Waals surface area contributed by atoms with Crippen LogP contribution in [0.3, 0.4) is 0 Å². The number of hydrogen-bond acceptors (Lipinski definition) is 4.